The molecular weight excluding hydrogens is 276 g/mol. The summed E-state index contributed by atoms with van der Waals surface area (Å²) < 4.78 is 1.97. The third-order valence-corrected chi connectivity index (χ3v) is 4.74. The van der Waals surface area contributed by atoms with E-state index in [1.165, 1.54) is 6.42 Å². The standard InChI is InChI=1S/C17H30N4O/c1-5-10-21-14(3)16(13(2)19-21)17(22)20-11-7-15(8-12-20)6-9-18-4/h15,18H,5-12H2,1-4H3. The van der Waals surface area contributed by atoms with Crippen molar-refractivity contribution in [3.05, 3.63) is 17.0 Å². The van der Waals surface area contributed by atoms with Crippen molar-refractivity contribution >= 4 is 5.91 Å². The fraction of sp³-hybridized carbons (Fsp3) is 0.765. The molecule has 1 aromatic heterocycles. The van der Waals surface area contributed by atoms with E-state index in [0.29, 0.717) is 0 Å². The first-order valence-electron chi connectivity index (χ1n) is 8.56. The van der Waals surface area contributed by atoms with Gasteiger partial charge in [0.15, 0.2) is 0 Å². The number of hydrogen-bond acceptors (Lipinski definition) is 3. The summed E-state index contributed by atoms with van der Waals surface area (Å²) in [4.78, 5) is 14.9. The molecule has 0 atom stereocenters. The zero-order valence-corrected chi connectivity index (χ0v) is 14.5. The molecule has 0 bridgehead atoms. The zero-order chi connectivity index (χ0) is 16.1. The van der Waals surface area contributed by atoms with Crippen LogP contribution in [0.3, 0.4) is 0 Å². The number of nitrogens with zero attached hydrogens (tertiary/aromatic N) is 3. The molecule has 0 spiro atoms. The van der Waals surface area contributed by atoms with Gasteiger partial charge in [0, 0.05) is 25.3 Å². The van der Waals surface area contributed by atoms with E-state index in [4.69, 9.17) is 0 Å². The molecule has 0 aromatic carbocycles. The van der Waals surface area contributed by atoms with Gasteiger partial charge in [-0.05, 0) is 59.0 Å². The lowest BCUT2D eigenvalue weighted by Gasteiger charge is -2.32. The molecule has 22 heavy (non-hydrogen) atoms. The summed E-state index contributed by atoms with van der Waals surface area (Å²) in [5.74, 6) is 0.922. The zero-order valence-electron chi connectivity index (χ0n) is 14.5. The minimum atomic E-state index is 0.171. The third-order valence-electron chi connectivity index (χ3n) is 4.74. The van der Waals surface area contributed by atoms with E-state index in [1.54, 1.807) is 0 Å². The minimum Gasteiger partial charge on any atom is -0.339 e. The van der Waals surface area contributed by atoms with E-state index in [9.17, 15) is 4.79 Å². The van der Waals surface area contributed by atoms with Crippen LogP contribution in [0.4, 0.5) is 0 Å². The summed E-state index contributed by atoms with van der Waals surface area (Å²) in [6.45, 7) is 9.81. The first kappa shape index (κ1) is 17.0. The molecule has 0 radical (unpaired) electrons. The number of aryl methyl sites for hydroxylation is 2. The highest BCUT2D eigenvalue weighted by atomic mass is 16.2. The van der Waals surface area contributed by atoms with Crippen molar-refractivity contribution in [3.63, 3.8) is 0 Å². The highest BCUT2D eigenvalue weighted by Crippen LogP contribution is 2.23. The molecule has 0 aliphatic carbocycles. The maximum absolute atomic E-state index is 12.8. The van der Waals surface area contributed by atoms with E-state index in [1.807, 2.05) is 30.5 Å². The van der Waals surface area contributed by atoms with Gasteiger partial charge in [-0.3, -0.25) is 9.48 Å². The Hall–Kier alpha value is -1.36. The van der Waals surface area contributed by atoms with Crippen molar-refractivity contribution in [3.8, 4) is 0 Å². The van der Waals surface area contributed by atoms with Crippen LogP contribution < -0.4 is 5.32 Å². The van der Waals surface area contributed by atoms with Crippen LogP contribution in [-0.2, 0) is 6.54 Å². The predicted molar refractivity (Wildman–Crippen MR) is 89.2 cm³/mol. The van der Waals surface area contributed by atoms with E-state index in [-0.39, 0.29) is 5.91 Å². The van der Waals surface area contributed by atoms with Gasteiger partial charge < -0.3 is 10.2 Å². The monoisotopic (exact) mass is 306 g/mol. The number of carbonyl (C=O) groups excluding carboxylic acids is 1. The second-order valence-corrected chi connectivity index (χ2v) is 6.40. The Balaban J connectivity index is 2.01. The number of hydrogen-bond donors (Lipinski definition) is 1. The molecule has 1 saturated heterocycles. The Bertz CT molecular complexity index is 501. The lowest BCUT2D eigenvalue weighted by molar-refractivity contribution is 0.0685. The summed E-state index contributed by atoms with van der Waals surface area (Å²) in [5.41, 5.74) is 2.71. The molecular formula is C17H30N4O. The van der Waals surface area contributed by atoms with Crippen molar-refractivity contribution in [2.45, 2.75) is 53.0 Å². The number of carbonyl (C=O) groups is 1. The van der Waals surface area contributed by atoms with Gasteiger partial charge in [0.25, 0.3) is 5.91 Å². The molecule has 1 aliphatic heterocycles. The molecule has 1 fully saturated rings. The summed E-state index contributed by atoms with van der Waals surface area (Å²) in [6, 6.07) is 0. The maximum Gasteiger partial charge on any atom is 0.257 e. The number of piperidine rings is 1. The van der Waals surface area contributed by atoms with Crippen molar-refractivity contribution in [1.29, 1.82) is 0 Å². The van der Waals surface area contributed by atoms with Gasteiger partial charge in [-0.25, -0.2) is 0 Å². The quantitative estimate of drug-likeness (QED) is 0.878. The normalized spacial score (nSPS) is 16.3. The lowest BCUT2D eigenvalue weighted by Crippen LogP contribution is -2.39. The van der Waals surface area contributed by atoms with Crippen LogP contribution in [0, 0.1) is 19.8 Å². The fourth-order valence-electron chi connectivity index (χ4n) is 3.37. The van der Waals surface area contributed by atoms with E-state index >= 15 is 0 Å². The molecule has 1 aromatic rings. The lowest BCUT2D eigenvalue weighted by atomic mass is 9.93. The topological polar surface area (TPSA) is 50.2 Å². The molecule has 2 heterocycles. The first-order valence-corrected chi connectivity index (χ1v) is 8.56. The number of rotatable bonds is 6. The van der Waals surface area contributed by atoms with Crippen LogP contribution >= 0.6 is 0 Å². The SMILES string of the molecule is CCCn1nc(C)c(C(=O)N2CCC(CCNC)CC2)c1C. The molecule has 124 valence electrons. The van der Waals surface area contributed by atoms with Crippen molar-refractivity contribution in [2.24, 2.45) is 5.92 Å². The van der Waals surface area contributed by atoms with Gasteiger partial charge in [-0.15, -0.1) is 0 Å². The van der Waals surface area contributed by atoms with Gasteiger partial charge in [0.2, 0.25) is 0 Å². The molecule has 1 aliphatic rings. The summed E-state index contributed by atoms with van der Waals surface area (Å²) in [5, 5.41) is 7.75. The van der Waals surface area contributed by atoms with Crippen molar-refractivity contribution in [1.82, 2.24) is 20.0 Å². The van der Waals surface area contributed by atoms with Gasteiger partial charge in [0.05, 0.1) is 11.3 Å². The second-order valence-electron chi connectivity index (χ2n) is 6.40. The van der Waals surface area contributed by atoms with Gasteiger partial charge in [-0.1, -0.05) is 6.92 Å². The Morgan fingerprint density at radius 2 is 2.00 bits per heavy atom. The number of likely N-dealkylation sites (tertiary alicyclic amines) is 1. The average molecular weight is 306 g/mol. The Labute approximate surface area is 134 Å². The Kier molecular flexibility index (Phi) is 6.00. The van der Waals surface area contributed by atoms with Crippen LogP contribution in [0.5, 0.6) is 0 Å². The highest BCUT2D eigenvalue weighted by molar-refractivity contribution is 5.96. The minimum absolute atomic E-state index is 0.171. The maximum atomic E-state index is 12.8. The largest absolute Gasteiger partial charge is 0.339 e. The summed E-state index contributed by atoms with van der Waals surface area (Å²) in [7, 11) is 2.00. The van der Waals surface area contributed by atoms with E-state index in [0.717, 1.165) is 68.3 Å². The third kappa shape index (κ3) is 3.69. The summed E-state index contributed by atoms with van der Waals surface area (Å²) >= 11 is 0. The molecule has 0 saturated carbocycles. The molecule has 1 amide bonds. The Morgan fingerprint density at radius 1 is 1.32 bits per heavy atom. The molecule has 5 nitrogen and oxygen atoms in total. The Morgan fingerprint density at radius 3 is 2.59 bits per heavy atom. The predicted octanol–water partition coefficient (Wildman–Crippen LogP) is 2.37. The summed E-state index contributed by atoms with van der Waals surface area (Å²) in [6.07, 6.45) is 4.49. The van der Waals surface area contributed by atoms with Gasteiger partial charge in [-0.2, -0.15) is 5.10 Å². The van der Waals surface area contributed by atoms with Gasteiger partial charge in [0.1, 0.15) is 0 Å². The molecule has 1 N–H and O–H groups in total. The number of aromatic nitrogens is 2. The molecule has 0 unspecified atom stereocenters. The van der Waals surface area contributed by atoms with Crippen LogP contribution in [-0.4, -0.2) is 47.3 Å². The van der Waals surface area contributed by atoms with Crippen LogP contribution in [0.2, 0.25) is 0 Å². The van der Waals surface area contributed by atoms with Crippen LogP contribution in [0.25, 0.3) is 0 Å². The number of nitrogens with one attached hydrogen (secondary N) is 1. The smallest absolute Gasteiger partial charge is 0.257 e. The highest BCUT2D eigenvalue weighted by Gasteiger charge is 2.27. The second kappa shape index (κ2) is 7.77. The fourth-order valence-corrected chi connectivity index (χ4v) is 3.37. The van der Waals surface area contributed by atoms with Crippen LogP contribution in [0.1, 0.15) is 54.4 Å². The first-order chi connectivity index (χ1) is 10.6. The van der Waals surface area contributed by atoms with Gasteiger partial charge >= 0.3 is 0 Å². The average Bonchev–Trinajstić information content (AvgIpc) is 2.80. The van der Waals surface area contributed by atoms with Crippen LogP contribution in [0.15, 0.2) is 0 Å². The van der Waals surface area contributed by atoms with E-state index < -0.39 is 0 Å². The van der Waals surface area contributed by atoms with E-state index in [2.05, 4.69) is 17.3 Å². The van der Waals surface area contributed by atoms with Crippen molar-refractivity contribution in [2.75, 3.05) is 26.7 Å². The molecule has 5 heteroatoms. The number of amides is 1. The molecule has 2 rings (SSSR count). The van der Waals surface area contributed by atoms with Crippen molar-refractivity contribution < 1.29 is 4.79 Å².